The molecule has 0 fully saturated rings. The first-order valence-corrected chi connectivity index (χ1v) is 6.66. The largest absolute Gasteiger partial charge is 0.373 e. The van der Waals surface area contributed by atoms with Crippen LogP contribution in [-0.2, 0) is 0 Å². The molecule has 2 aromatic carbocycles. The SMILES string of the molecule is Cc1cc(NC(C)c2cccc(F)c2)c([N+](=O)[O-])cc1C. The van der Waals surface area contributed by atoms with E-state index in [4.69, 9.17) is 0 Å². The Bertz CT molecular complexity index is 686. The Morgan fingerprint density at radius 1 is 1.19 bits per heavy atom. The lowest BCUT2D eigenvalue weighted by Crippen LogP contribution is -2.09. The van der Waals surface area contributed by atoms with Crippen LogP contribution in [0, 0.1) is 29.8 Å². The highest BCUT2D eigenvalue weighted by atomic mass is 19.1. The molecule has 0 aliphatic carbocycles. The highest BCUT2D eigenvalue weighted by Crippen LogP contribution is 2.31. The van der Waals surface area contributed by atoms with Crippen LogP contribution in [0.25, 0.3) is 0 Å². The van der Waals surface area contributed by atoms with Gasteiger partial charge < -0.3 is 5.32 Å². The van der Waals surface area contributed by atoms with Crippen LogP contribution in [0.2, 0.25) is 0 Å². The first kappa shape index (κ1) is 15.0. The van der Waals surface area contributed by atoms with Gasteiger partial charge in [0, 0.05) is 12.1 Å². The summed E-state index contributed by atoms with van der Waals surface area (Å²) in [5, 5.41) is 14.3. The fraction of sp³-hybridized carbons (Fsp3) is 0.250. The smallest absolute Gasteiger partial charge is 0.292 e. The third-order valence-corrected chi connectivity index (χ3v) is 3.53. The molecule has 0 aromatic heterocycles. The molecule has 1 atom stereocenters. The predicted octanol–water partition coefficient (Wildman–Crippen LogP) is 4.52. The molecule has 0 bridgehead atoms. The molecule has 2 aromatic rings. The molecule has 110 valence electrons. The van der Waals surface area contributed by atoms with Gasteiger partial charge in [0.2, 0.25) is 0 Å². The standard InChI is InChI=1S/C16H17FN2O2/c1-10-7-15(16(19(20)21)8-11(10)2)18-12(3)13-5-4-6-14(17)9-13/h4-9,12,18H,1-3H3. The molecule has 0 heterocycles. The summed E-state index contributed by atoms with van der Waals surface area (Å²) in [5.41, 5.74) is 3.05. The first-order chi connectivity index (χ1) is 9.88. The van der Waals surface area contributed by atoms with E-state index in [1.54, 1.807) is 24.3 Å². The van der Waals surface area contributed by atoms with Crippen LogP contribution in [0.15, 0.2) is 36.4 Å². The van der Waals surface area contributed by atoms with Gasteiger partial charge >= 0.3 is 0 Å². The number of nitrogens with zero attached hydrogens (tertiary/aromatic N) is 1. The molecule has 21 heavy (non-hydrogen) atoms. The van der Waals surface area contributed by atoms with E-state index in [1.807, 2.05) is 20.8 Å². The quantitative estimate of drug-likeness (QED) is 0.664. The van der Waals surface area contributed by atoms with Crippen molar-refractivity contribution in [1.82, 2.24) is 0 Å². The van der Waals surface area contributed by atoms with Crippen molar-refractivity contribution in [3.8, 4) is 0 Å². The molecule has 0 aliphatic heterocycles. The van der Waals surface area contributed by atoms with Gasteiger partial charge in [0.25, 0.3) is 5.69 Å². The number of nitro groups is 1. The van der Waals surface area contributed by atoms with Crippen molar-refractivity contribution in [3.63, 3.8) is 0 Å². The van der Waals surface area contributed by atoms with Crippen LogP contribution in [0.3, 0.4) is 0 Å². The van der Waals surface area contributed by atoms with Gasteiger partial charge in [-0.15, -0.1) is 0 Å². The monoisotopic (exact) mass is 288 g/mol. The zero-order chi connectivity index (χ0) is 15.6. The lowest BCUT2D eigenvalue weighted by atomic mass is 10.1. The lowest BCUT2D eigenvalue weighted by molar-refractivity contribution is -0.384. The van der Waals surface area contributed by atoms with Crippen LogP contribution in [-0.4, -0.2) is 4.92 Å². The van der Waals surface area contributed by atoms with Gasteiger partial charge in [-0.25, -0.2) is 4.39 Å². The van der Waals surface area contributed by atoms with Crippen molar-refractivity contribution in [3.05, 3.63) is 69.0 Å². The van der Waals surface area contributed by atoms with Gasteiger partial charge in [-0.2, -0.15) is 0 Å². The molecular formula is C16H17FN2O2. The summed E-state index contributed by atoms with van der Waals surface area (Å²) in [7, 11) is 0. The van der Waals surface area contributed by atoms with E-state index < -0.39 is 4.92 Å². The second-order valence-corrected chi connectivity index (χ2v) is 5.13. The van der Waals surface area contributed by atoms with E-state index in [2.05, 4.69) is 5.32 Å². The van der Waals surface area contributed by atoms with Crippen LogP contribution in [0.1, 0.15) is 29.7 Å². The van der Waals surface area contributed by atoms with Gasteiger partial charge in [0.1, 0.15) is 11.5 Å². The number of benzene rings is 2. The molecule has 1 unspecified atom stereocenters. The minimum absolute atomic E-state index is 0.0290. The average molecular weight is 288 g/mol. The molecule has 0 aliphatic rings. The Balaban J connectivity index is 2.34. The maximum absolute atomic E-state index is 13.3. The number of hydrogen-bond acceptors (Lipinski definition) is 3. The summed E-state index contributed by atoms with van der Waals surface area (Å²) in [6.07, 6.45) is 0. The predicted molar refractivity (Wildman–Crippen MR) is 81.0 cm³/mol. The maximum Gasteiger partial charge on any atom is 0.292 e. The molecular weight excluding hydrogens is 271 g/mol. The number of anilines is 1. The van der Waals surface area contributed by atoms with Crippen molar-refractivity contribution in [1.29, 1.82) is 0 Å². The van der Waals surface area contributed by atoms with Gasteiger partial charge in [-0.1, -0.05) is 12.1 Å². The maximum atomic E-state index is 13.3. The number of rotatable bonds is 4. The Kier molecular flexibility index (Phi) is 4.21. The molecule has 0 saturated carbocycles. The average Bonchev–Trinajstić information content (AvgIpc) is 2.42. The number of nitrogens with one attached hydrogen (secondary N) is 1. The summed E-state index contributed by atoms with van der Waals surface area (Å²) in [6.45, 7) is 5.58. The second-order valence-electron chi connectivity index (χ2n) is 5.13. The van der Waals surface area contributed by atoms with Crippen molar-refractivity contribution in [2.75, 3.05) is 5.32 Å². The Hall–Kier alpha value is -2.43. The zero-order valence-electron chi connectivity index (χ0n) is 12.2. The van der Waals surface area contributed by atoms with Crippen LogP contribution >= 0.6 is 0 Å². The van der Waals surface area contributed by atoms with Gasteiger partial charge in [-0.05, 0) is 55.7 Å². The van der Waals surface area contributed by atoms with Crippen LogP contribution < -0.4 is 5.32 Å². The third kappa shape index (κ3) is 3.37. The first-order valence-electron chi connectivity index (χ1n) is 6.66. The number of halogens is 1. The van der Waals surface area contributed by atoms with E-state index in [9.17, 15) is 14.5 Å². The Labute approximate surface area is 122 Å². The number of hydrogen-bond donors (Lipinski definition) is 1. The van der Waals surface area contributed by atoms with Crippen molar-refractivity contribution >= 4 is 11.4 Å². The lowest BCUT2D eigenvalue weighted by Gasteiger charge is -2.17. The minimum atomic E-state index is -0.410. The second kappa shape index (κ2) is 5.91. The highest BCUT2D eigenvalue weighted by Gasteiger charge is 2.17. The van der Waals surface area contributed by atoms with E-state index in [0.29, 0.717) is 5.69 Å². The molecule has 4 nitrogen and oxygen atoms in total. The minimum Gasteiger partial charge on any atom is -0.373 e. The fourth-order valence-electron chi connectivity index (χ4n) is 2.16. The fourth-order valence-corrected chi connectivity index (χ4v) is 2.16. The molecule has 0 spiro atoms. The van der Waals surface area contributed by atoms with Gasteiger partial charge in [0.15, 0.2) is 0 Å². The summed E-state index contributed by atoms with van der Waals surface area (Å²) >= 11 is 0. The summed E-state index contributed by atoms with van der Waals surface area (Å²) in [5.74, 6) is -0.323. The summed E-state index contributed by atoms with van der Waals surface area (Å²) in [6, 6.07) is 9.27. The zero-order valence-corrected chi connectivity index (χ0v) is 12.2. The normalized spacial score (nSPS) is 12.0. The van der Waals surface area contributed by atoms with E-state index in [1.165, 1.54) is 12.1 Å². The van der Waals surface area contributed by atoms with Gasteiger partial charge in [-0.3, -0.25) is 10.1 Å². The van der Waals surface area contributed by atoms with Crippen molar-refractivity contribution < 1.29 is 9.31 Å². The third-order valence-electron chi connectivity index (χ3n) is 3.53. The molecule has 1 N–H and O–H groups in total. The Morgan fingerprint density at radius 3 is 2.48 bits per heavy atom. The van der Waals surface area contributed by atoms with E-state index in [-0.39, 0.29) is 17.5 Å². The molecule has 0 saturated heterocycles. The van der Waals surface area contributed by atoms with Crippen LogP contribution in [0.5, 0.6) is 0 Å². The summed E-state index contributed by atoms with van der Waals surface area (Å²) < 4.78 is 13.3. The topological polar surface area (TPSA) is 55.2 Å². The van der Waals surface area contributed by atoms with Crippen molar-refractivity contribution in [2.24, 2.45) is 0 Å². The highest BCUT2D eigenvalue weighted by molar-refractivity contribution is 5.65. The van der Waals surface area contributed by atoms with Crippen LogP contribution in [0.4, 0.5) is 15.8 Å². The molecule has 0 radical (unpaired) electrons. The summed E-state index contributed by atoms with van der Waals surface area (Å²) in [4.78, 5) is 10.8. The van der Waals surface area contributed by atoms with E-state index in [0.717, 1.165) is 16.7 Å². The number of aryl methyl sites for hydroxylation is 2. The van der Waals surface area contributed by atoms with E-state index >= 15 is 0 Å². The molecule has 5 heteroatoms. The molecule has 0 amide bonds. The Morgan fingerprint density at radius 2 is 1.86 bits per heavy atom. The van der Waals surface area contributed by atoms with Crippen molar-refractivity contribution in [2.45, 2.75) is 26.8 Å². The van der Waals surface area contributed by atoms with Gasteiger partial charge in [0.05, 0.1) is 4.92 Å². The number of nitro benzene ring substituents is 1. The molecule has 2 rings (SSSR count).